The first kappa shape index (κ1) is 14.4. The number of piperidine rings is 1. The van der Waals surface area contributed by atoms with Crippen molar-refractivity contribution in [3.8, 4) is 0 Å². The van der Waals surface area contributed by atoms with Crippen molar-refractivity contribution in [3.63, 3.8) is 0 Å². The van der Waals surface area contributed by atoms with Gasteiger partial charge in [0.1, 0.15) is 0 Å². The number of carboxylic acid groups (broad SMARTS) is 1. The highest BCUT2D eigenvalue weighted by Crippen LogP contribution is 2.21. The van der Waals surface area contributed by atoms with Gasteiger partial charge in [-0.15, -0.1) is 0 Å². The number of likely N-dealkylation sites (tertiary alicyclic amines) is 1. The van der Waals surface area contributed by atoms with Gasteiger partial charge in [0.05, 0.1) is 11.3 Å². The second kappa shape index (κ2) is 5.94. The molecule has 0 aliphatic carbocycles. The van der Waals surface area contributed by atoms with Gasteiger partial charge in [-0.3, -0.25) is 0 Å². The van der Waals surface area contributed by atoms with E-state index >= 15 is 0 Å². The van der Waals surface area contributed by atoms with Gasteiger partial charge in [0, 0.05) is 13.1 Å². The van der Waals surface area contributed by atoms with Crippen LogP contribution in [0.3, 0.4) is 0 Å². The van der Waals surface area contributed by atoms with Crippen molar-refractivity contribution in [2.75, 3.05) is 18.4 Å². The summed E-state index contributed by atoms with van der Waals surface area (Å²) in [6, 6.07) is 4.88. The average Bonchev–Trinajstić information content (AvgIpc) is 2.39. The maximum atomic E-state index is 12.2. The summed E-state index contributed by atoms with van der Waals surface area (Å²) in [7, 11) is 0. The summed E-state index contributed by atoms with van der Waals surface area (Å²) in [5.74, 6) is -0.377. The van der Waals surface area contributed by atoms with Crippen LogP contribution >= 0.6 is 0 Å². The van der Waals surface area contributed by atoms with E-state index in [1.54, 1.807) is 30.0 Å². The van der Waals surface area contributed by atoms with E-state index in [2.05, 4.69) is 12.2 Å². The zero-order chi connectivity index (χ0) is 14.7. The lowest BCUT2D eigenvalue weighted by molar-refractivity contribution is 0.0697. The van der Waals surface area contributed by atoms with Gasteiger partial charge in [0.2, 0.25) is 0 Å². The van der Waals surface area contributed by atoms with Crippen LogP contribution in [0.15, 0.2) is 18.2 Å². The monoisotopic (exact) mass is 276 g/mol. The summed E-state index contributed by atoms with van der Waals surface area (Å²) in [5.41, 5.74) is 1.16. The number of nitrogens with one attached hydrogen (secondary N) is 1. The van der Waals surface area contributed by atoms with Crippen LogP contribution in [-0.4, -0.2) is 35.1 Å². The van der Waals surface area contributed by atoms with E-state index in [1.165, 1.54) is 0 Å². The van der Waals surface area contributed by atoms with Gasteiger partial charge in [-0.1, -0.05) is 19.1 Å². The van der Waals surface area contributed by atoms with Crippen LogP contribution in [-0.2, 0) is 0 Å². The molecular weight excluding hydrogens is 256 g/mol. The normalized spacial score (nSPS) is 16.0. The highest BCUT2D eigenvalue weighted by Gasteiger charge is 2.22. The molecule has 0 spiro atoms. The predicted molar refractivity (Wildman–Crippen MR) is 77.1 cm³/mol. The quantitative estimate of drug-likeness (QED) is 0.872. The Labute approximate surface area is 118 Å². The third-order valence-electron chi connectivity index (χ3n) is 3.80. The molecule has 1 saturated heterocycles. The van der Waals surface area contributed by atoms with Gasteiger partial charge in [-0.05, 0) is 37.3 Å². The zero-order valence-electron chi connectivity index (χ0n) is 11.8. The fraction of sp³-hybridized carbons (Fsp3) is 0.467. The van der Waals surface area contributed by atoms with E-state index in [-0.39, 0.29) is 11.6 Å². The first-order chi connectivity index (χ1) is 9.49. The molecule has 2 rings (SSSR count). The molecule has 1 aliphatic rings. The summed E-state index contributed by atoms with van der Waals surface area (Å²) in [4.78, 5) is 25.2. The molecule has 108 valence electrons. The molecule has 1 aromatic carbocycles. The fourth-order valence-electron chi connectivity index (χ4n) is 2.46. The molecule has 1 fully saturated rings. The molecule has 1 aliphatic heterocycles. The van der Waals surface area contributed by atoms with Crippen molar-refractivity contribution in [2.24, 2.45) is 5.92 Å². The lowest BCUT2D eigenvalue weighted by Crippen LogP contribution is -2.40. The molecule has 2 N–H and O–H groups in total. The second-order valence-electron chi connectivity index (χ2n) is 5.40. The number of anilines is 1. The summed E-state index contributed by atoms with van der Waals surface area (Å²) in [5, 5.41) is 12.0. The number of rotatable bonds is 2. The van der Waals surface area contributed by atoms with E-state index in [0.29, 0.717) is 17.2 Å². The van der Waals surface area contributed by atoms with Gasteiger partial charge in [0.25, 0.3) is 0 Å². The van der Waals surface area contributed by atoms with Crippen molar-refractivity contribution in [1.82, 2.24) is 4.90 Å². The number of aromatic carboxylic acids is 1. The number of hydrogen-bond acceptors (Lipinski definition) is 2. The molecule has 0 unspecified atom stereocenters. The summed E-state index contributed by atoms with van der Waals surface area (Å²) < 4.78 is 0. The maximum absolute atomic E-state index is 12.2. The SMILES string of the molecule is Cc1cccc(NC(=O)N2CCC(C)CC2)c1C(=O)O. The highest BCUT2D eigenvalue weighted by molar-refractivity contribution is 6.01. The Balaban J connectivity index is 2.12. The molecule has 0 aromatic heterocycles. The smallest absolute Gasteiger partial charge is 0.338 e. The van der Waals surface area contributed by atoms with E-state index in [0.717, 1.165) is 25.9 Å². The van der Waals surface area contributed by atoms with Crippen LogP contribution in [0, 0.1) is 12.8 Å². The van der Waals surface area contributed by atoms with Crippen molar-refractivity contribution >= 4 is 17.7 Å². The van der Waals surface area contributed by atoms with Crippen LogP contribution in [0.5, 0.6) is 0 Å². The van der Waals surface area contributed by atoms with Gasteiger partial charge in [-0.2, -0.15) is 0 Å². The largest absolute Gasteiger partial charge is 0.478 e. The lowest BCUT2D eigenvalue weighted by atomic mass is 9.99. The van der Waals surface area contributed by atoms with Gasteiger partial charge in [0.15, 0.2) is 0 Å². The van der Waals surface area contributed by atoms with Gasteiger partial charge >= 0.3 is 12.0 Å². The first-order valence-electron chi connectivity index (χ1n) is 6.88. The van der Waals surface area contributed by atoms with Crippen molar-refractivity contribution in [2.45, 2.75) is 26.7 Å². The third-order valence-corrected chi connectivity index (χ3v) is 3.80. The Morgan fingerprint density at radius 1 is 1.30 bits per heavy atom. The number of amides is 2. The van der Waals surface area contributed by atoms with Crippen molar-refractivity contribution in [3.05, 3.63) is 29.3 Å². The molecule has 5 heteroatoms. The predicted octanol–water partition coefficient (Wildman–Crippen LogP) is 2.96. The number of hydrogen-bond donors (Lipinski definition) is 2. The fourth-order valence-corrected chi connectivity index (χ4v) is 2.46. The Morgan fingerprint density at radius 2 is 1.95 bits per heavy atom. The molecule has 2 amide bonds. The van der Waals surface area contributed by atoms with Crippen LogP contribution in [0.4, 0.5) is 10.5 Å². The number of carboxylic acids is 1. The number of benzene rings is 1. The van der Waals surface area contributed by atoms with Crippen molar-refractivity contribution < 1.29 is 14.7 Å². The lowest BCUT2D eigenvalue weighted by Gasteiger charge is -2.30. The van der Waals surface area contributed by atoms with Crippen LogP contribution in [0.2, 0.25) is 0 Å². The summed E-state index contributed by atoms with van der Waals surface area (Å²) in [6.07, 6.45) is 1.99. The zero-order valence-corrected chi connectivity index (χ0v) is 11.8. The maximum Gasteiger partial charge on any atom is 0.338 e. The third kappa shape index (κ3) is 3.10. The Bertz CT molecular complexity index is 520. The first-order valence-corrected chi connectivity index (χ1v) is 6.88. The Hall–Kier alpha value is -2.04. The van der Waals surface area contributed by atoms with E-state index < -0.39 is 5.97 Å². The molecule has 0 saturated carbocycles. The number of carbonyl (C=O) groups is 2. The minimum absolute atomic E-state index is 0.159. The highest BCUT2D eigenvalue weighted by atomic mass is 16.4. The molecule has 1 aromatic rings. The number of aryl methyl sites for hydroxylation is 1. The average molecular weight is 276 g/mol. The van der Waals surface area contributed by atoms with Gasteiger partial charge in [-0.25, -0.2) is 9.59 Å². The molecular formula is C15H20N2O3. The molecule has 5 nitrogen and oxygen atoms in total. The molecule has 0 radical (unpaired) electrons. The Morgan fingerprint density at radius 3 is 2.55 bits per heavy atom. The Kier molecular flexibility index (Phi) is 4.27. The van der Waals surface area contributed by atoms with Gasteiger partial charge < -0.3 is 15.3 Å². The van der Waals surface area contributed by atoms with E-state index in [1.807, 2.05) is 0 Å². The molecule has 0 atom stereocenters. The van der Waals surface area contributed by atoms with Crippen LogP contribution in [0.25, 0.3) is 0 Å². The topological polar surface area (TPSA) is 69.6 Å². The minimum Gasteiger partial charge on any atom is -0.478 e. The second-order valence-corrected chi connectivity index (χ2v) is 5.40. The number of nitrogens with zero attached hydrogens (tertiary/aromatic N) is 1. The van der Waals surface area contributed by atoms with Crippen LogP contribution < -0.4 is 5.32 Å². The number of urea groups is 1. The molecule has 20 heavy (non-hydrogen) atoms. The number of carbonyl (C=O) groups excluding carboxylic acids is 1. The molecule has 1 heterocycles. The van der Waals surface area contributed by atoms with E-state index in [4.69, 9.17) is 0 Å². The minimum atomic E-state index is -1.02. The summed E-state index contributed by atoms with van der Waals surface area (Å²) >= 11 is 0. The van der Waals surface area contributed by atoms with E-state index in [9.17, 15) is 14.7 Å². The summed E-state index contributed by atoms with van der Waals surface area (Å²) in [6.45, 7) is 5.35. The standard InChI is InChI=1S/C15H20N2O3/c1-10-6-8-17(9-7-10)15(20)16-12-5-3-4-11(2)13(12)14(18)19/h3-5,10H,6-9H2,1-2H3,(H,16,20)(H,18,19). The molecule has 0 bridgehead atoms. The van der Waals surface area contributed by atoms with Crippen LogP contribution in [0.1, 0.15) is 35.7 Å². The van der Waals surface area contributed by atoms with Crippen molar-refractivity contribution in [1.29, 1.82) is 0 Å².